The van der Waals surface area contributed by atoms with Gasteiger partial charge in [-0.1, -0.05) is 179 Å². The maximum atomic E-state index is 12.6. The fourth-order valence-electron chi connectivity index (χ4n) is 6.14. The number of hydrogen-bond donors (Lipinski definition) is 4. The highest BCUT2D eigenvalue weighted by Crippen LogP contribution is 2.16. The first kappa shape index (κ1) is 46.8. The summed E-state index contributed by atoms with van der Waals surface area (Å²) in [5, 5.41) is 23.5. The minimum atomic E-state index is -4.41. The van der Waals surface area contributed by atoms with Gasteiger partial charge in [-0.2, -0.15) is 8.42 Å². The molecule has 0 aliphatic heterocycles. The highest BCUT2D eigenvalue weighted by atomic mass is 32.2. The van der Waals surface area contributed by atoms with Gasteiger partial charge in [-0.15, -0.1) is 0 Å². The molecule has 7 nitrogen and oxygen atoms in total. The minimum absolute atomic E-state index is 0.286. The number of hydrogen-bond acceptors (Lipinski definition) is 5. The van der Waals surface area contributed by atoms with Crippen molar-refractivity contribution in [2.24, 2.45) is 0 Å². The molecule has 284 valence electrons. The van der Waals surface area contributed by atoms with Crippen LogP contribution in [0.15, 0.2) is 24.3 Å². The SMILES string of the molecule is CCCCC/C=C\C/C=C\CCCCCCCCC(O)C(=O)NC(CS(=O)(=O)O)C(O)CCCCCCCCCCCCCCCCC. The summed E-state index contributed by atoms with van der Waals surface area (Å²) in [5.74, 6) is -1.46. The van der Waals surface area contributed by atoms with Gasteiger partial charge in [0.05, 0.1) is 17.9 Å². The van der Waals surface area contributed by atoms with Crippen LogP contribution < -0.4 is 5.32 Å². The maximum absolute atomic E-state index is 12.6. The lowest BCUT2D eigenvalue weighted by Gasteiger charge is -2.24. The molecular weight excluding hydrogens is 623 g/mol. The fourth-order valence-corrected chi connectivity index (χ4v) is 6.90. The molecule has 48 heavy (non-hydrogen) atoms. The summed E-state index contributed by atoms with van der Waals surface area (Å²) in [6, 6.07) is -1.15. The topological polar surface area (TPSA) is 124 Å². The third-order valence-corrected chi connectivity index (χ3v) is 10.0. The van der Waals surface area contributed by atoms with E-state index in [0.29, 0.717) is 19.3 Å². The summed E-state index contributed by atoms with van der Waals surface area (Å²) in [7, 11) is -4.41. The second-order valence-electron chi connectivity index (χ2n) is 14.1. The summed E-state index contributed by atoms with van der Waals surface area (Å²) in [5.41, 5.74) is 0. The normalized spacial score (nSPS) is 14.2. The molecule has 3 unspecified atom stereocenters. The molecular formula is C40H77NO6S. The van der Waals surface area contributed by atoms with Crippen LogP contribution in [-0.4, -0.2) is 53.1 Å². The molecule has 4 N–H and O–H groups in total. The average Bonchev–Trinajstić information content (AvgIpc) is 3.05. The Kier molecular flexibility index (Phi) is 33.4. The fraction of sp³-hybridized carbons (Fsp3) is 0.875. The van der Waals surface area contributed by atoms with Crippen LogP contribution in [0.5, 0.6) is 0 Å². The molecule has 0 bridgehead atoms. The Morgan fingerprint density at radius 1 is 0.562 bits per heavy atom. The molecule has 0 rings (SSSR count). The van der Waals surface area contributed by atoms with E-state index in [4.69, 9.17) is 0 Å². The van der Waals surface area contributed by atoms with Gasteiger partial charge in [-0.3, -0.25) is 9.35 Å². The van der Waals surface area contributed by atoms with Gasteiger partial charge in [0, 0.05) is 0 Å². The minimum Gasteiger partial charge on any atom is -0.391 e. The number of carbonyl (C=O) groups excluding carboxylic acids is 1. The molecule has 0 aromatic heterocycles. The van der Waals surface area contributed by atoms with Crippen molar-refractivity contribution in [3.63, 3.8) is 0 Å². The standard InChI is InChI=1S/C40H77NO6S/c1-3-5-7-9-11-13-15-17-19-21-23-25-27-29-31-33-35-39(43)40(44)41-37(36-48(45,46)47)38(42)34-32-30-28-26-24-22-20-18-16-14-12-10-8-6-4-2/h11,13,17,19,37-39,42-43H,3-10,12,14-16,18,20-36H2,1-2H3,(H,41,44)(H,45,46,47)/b13-11-,19-17-. The maximum Gasteiger partial charge on any atom is 0.266 e. The van der Waals surface area contributed by atoms with Gasteiger partial charge in [0.2, 0.25) is 5.91 Å². The molecule has 0 saturated carbocycles. The predicted octanol–water partition coefficient (Wildman–Crippen LogP) is 10.5. The van der Waals surface area contributed by atoms with Crippen LogP contribution in [0.1, 0.15) is 200 Å². The van der Waals surface area contributed by atoms with E-state index in [9.17, 15) is 28.0 Å². The summed E-state index contributed by atoms with van der Waals surface area (Å²) in [6.45, 7) is 4.48. The van der Waals surface area contributed by atoms with Gasteiger partial charge in [-0.05, 0) is 44.9 Å². The number of amides is 1. The molecule has 8 heteroatoms. The zero-order valence-electron chi connectivity index (χ0n) is 31.2. The highest BCUT2D eigenvalue weighted by Gasteiger charge is 2.28. The van der Waals surface area contributed by atoms with Crippen molar-refractivity contribution in [3.8, 4) is 0 Å². The van der Waals surface area contributed by atoms with Gasteiger partial charge >= 0.3 is 0 Å². The highest BCUT2D eigenvalue weighted by molar-refractivity contribution is 7.85. The molecule has 0 fully saturated rings. The number of rotatable bonds is 36. The van der Waals surface area contributed by atoms with Crippen molar-refractivity contribution >= 4 is 16.0 Å². The van der Waals surface area contributed by atoms with E-state index in [1.165, 1.54) is 103 Å². The van der Waals surface area contributed by atoms with E-state index in [1.54, 1.807) is 0 Å². The molecule has 1 amide bonds. The third kappa shape index (κ3) is 33.3. The number of unbranched alkanes of at least 4 members (excludes halogenated alkanes) is 23. The molecule has 0 aromatic carbocycles. The zero-order chi connectivity index (χ0) is 35.6. The Hall–Kier alpha value is -1.22. The lowest BCUT2D eigenvalue weighted by Crippen LogP contribution is -2.50. The van der Waals surface area contributed by atoms with E-state index in [1.807, 2.05) is 0 Å². The van der Waals surface area contributed by atoms with Crippen LogP contribution in [0, 0.1) is 0 Å². The summed E-state index contributed by atoms with van der Waals surface area (Å²) in [6.07, 6.45) is 39.0. The average molecular weight is 700 g/mol. The van der Waals surface area contributed by atoms with Crippen molar-refractivity contribution in [1.29, 1.82) is 0 Å². The van der Waals surface area contributed by atoms with Gasteiger partial charge in [-0.25, -0.2) is 0 Å². The van der Waals surface area contributed by atoms with Gasteiger partial charge < -0.3 is 15.5 Å². The Bertz CT molecular complexity index is 875. The zero-order valence-corrected chi connectivity index (χ0v) is 32.0. The molecule has 3 atom stereocenters. The van der Waals surface area contributed by atoms with E-state index >= 15 is 0 Å². The first-order valence-electron chi connectivity index (χ1n) is 20.1. The van der Waals surface area contributed by atoms with Crippen molar-refractivity contribution in [2.75, 3.05) is 5.75 Å². The van der Waals surface area contributed by atoms with Crippen LogP contribution in [0.4, 0.5) is 0 Å². The van der Waals surface area contributed by atoms with Gasteiger partial charge in [0.25, 0.3) is 10.1 Å². The van der Waals surface area contributed by atoms with Crippen LogP contribution in [-0.2, 0) is 14.9 Å². The number of allylic oxidation sites excluding steroid dienone is 4. The van der Waals surface area contributed by atoms with Gasteiger partial charge in [0.15, 0.2) is 0 Å². The largest absolute Gasteiger partial charge is 0.391 e. The number of aliphatic hydroxyl groups excluding tert-OH is 2. The van der Waals surface area contributed by atoms with Gasteiger partial charge in [0.1, 0.15) is 6.10 Å². The second-order valence-corrected chi connectivity index (χ2v) is 15.6. The number of carbonyl (C=O) groups is 1. The van der Waals surface area contributed by atoms with Crippen LogP contribution in [0.25, 0.3) is 0 Å². The van der Waals surface area contributed by atoms with Crippen molar-refractivity contribution in [2.45, 2.75) is 218 Å². The molecule has 0 aromatic rings. The monoisotopic (exact) mass is 700 g/mol. The lowest BCUT2D eigenvalue weighted by molar-refractivity contribution is -0.131. The van der Waals surface area contributed by atoms with E-state index in [0.717, 1.165) is 57.8 Å². The Labute approximate surface area is 297 Å². The Balaban J connectivity index is 4.02. The third-order valence-electron chi connectivity index (χ3n) is 9.27. The quantitative estimate of drug-likeness (QED) is 0.0293. The lowest BCUT2D eigenvalue weighted by atomic mass is 10.0. The van der Waals surface area contributed by atoms with Crippen LogP contribution in [0.3, 0.4) is 0 Å². The van der Waals surface area contributed by atoms with Crippen molar-refractivity contribution in [3.05, 3.63) is 24.3 Å². The molecule has 0 aliphatic carbocycles. The van der Waals surface area contributed by atoms with E-state index < -0.39 is 40.0 Å². The Morgan fingerprint density at radius 3 is 1.40 bits per heavy atom. The van der Waals surface area contributed by atoms with E-state index in [2.05, 4.69) is 43.5 Å². The molecule has 0 aliphatic rings. The van der Waals surface area contributed by atoms with Crippen LogP contribution in [0.2, 0.25) is 0 Å². The predicted molar refractivity (Wildman–Crippen MR) is 204 cm³/mol. The smallest absolute Gasteiger partial charge is 0.266 e. The number of nitrogens with one attached hydrogen (secondary N) is 1. The van der Waals surface area contributed by atoms with Crippen molar-refractivity contribution < 1.29 is 28.0 Å². The summed E-state index contributed by atoms with van der Waals surface area (Å²) in [4.78, 5) is 12.6. The Morgan fingerprint density at radius 2 is 0.938 bits per heavy atom. The first-order valence-corrected chi connectivity index (χ1v) is 21.7. The molecule has 0 heterocycles. The first-order chi connectivity index (χ1) is 23.2. The summed E-state index contributed by atoms with van der Waals surface area (Å²) >= 11 is 0. The van der Waals surface area contributed by atoms with E-state index in [-0.39, 0.29) is 6.42 Å². The number of aliphatic hydroxyl groups is 2. The summed E-state index contributed by atoms with van der Waals surface area (Å²) < 4.78 is 32.5. The van der Waals surface area contributed by atoms with Crippen LogP contribution >= 0.6 is 0 Å². The molecule has 0 radical (unpaired) electrons. The second kappa shape index (κ2) is 34.2. The van der Waals surface area contributed by atoms with Crippen molar-refractivity contribution in [1.82, 2.24) is 5.32 Å². The molecule has 0 spiro atoms. The molecule has 0 saturated heterocycles.